The van der Waals surface area contributed by atoms with E-state index in [9.17, 15) is 4.21 Å². The zero-order valence-corrected chi connectivity index (χ0v) is 10.8. The van der Waals surface area contributed by atoms with Crippen LogP contribution in [0, 0.1) is 0 Å². The predicted molar refractivity (Wildman–Crippen MR) is 62.2 cm³/mol. The van der Waals surface area contributed by atoms with Gasteiger partial charge in [-0.15, -0.1) is 0 Å². The van der Waals surface area contributed by atoms with Crippen LogP contribution in [0.5, 0.6) is 0 Å². The monoisotopic (exact) mass is 207 g/mol. The highest BCUT2D eigenvalue weighted by Crippen LogP contribution is 2.09. The van der Waals surface area contributed by atoms with Crippen molar-refractivity contribution < 1.29 is 4.21 Å². The molecule has 0 fully saturated rings. The van der Waals surface area contributed by atoms with E-state index in [-0.39, 0.29) is 0 Å². The van der Waals surface area contributed by atoms with E-state index in [2.05, 4.69) is 13.8 Å². The lowest BCUT2D eigenvalue weighted by molar-refractivity contribution is 0.357. The van der Waals surface area contributed by atoms with E-state index in [1.165, 1.54) is 6.42 Å². The molecular formula is C10H25NOS. The van der Waals surface area contributed by atoms with E-state index in [0.29, 0.717) is 6.04 Å². The van der Waals surface area contributed by atoms with Gasteiger partial charge in [0.1, 0.15) is 0 Å². The molecule has 0 saturated carbocycles. The maximum absolute atomic E-state index is 11.1. The Morgan fingerprint density at radius 2 is 1.77 bits per heavy atom. The first-order valence-electron chi connectivity index (χ1n) is 5.19. The Bertz CT molecular complexity index is 128. The molecule has 0 bridgehead atoms. The topological polar surface area (TPSA) is 20.3 Å². The van der Waals surface area contributed by atoms with Gasteiger partial charge in [0.2, 0.25) is 0 Å². The molecule has 0 radical (unpaired) electrons. The van der Waals surface area contributed by atoms with Crippen molar-refractivity contribution in [1.82, 2.24) is 4.31 Å². The van der Waals surface area contributed by atoms with Gasteiger partial charge in [-0.1, -0.05) is 34.1 Å². The molecule has 0 rings (SSSR count). The van der Waals surface area contributed by atoms with Crippen molar-refractivity contribution >= 4 is 11.0 Å². The summed E-state index contributed by atoms with van der Waals surface area (Å²) in [6, 6.07) is 0.492. The van der Waals surface area contributed by atoms with E-state index in [4.69, 9.17) is 0 Å². The standard InChI is InChI=1S/C8H19NOS.C2H6/c1-5-7-8(6-2)9(3)11(4)10;1-2/h8H,5-7H2,1-4H3;1-2H3. The fourth-order valence-corrected chi connectivity index (χ4v) is 1.86. The maximum Gasteiger partial charge on any atom is 0.0910 e. The van der Waals surface area contributed by atoms with E-state index in [1.807, 2.05) is 25.2 Å². The van der Waals surface area contributed by atoms with Crippen molar-refractivity contribution in [2.75, 3.05) is 13.3 Å². The van der Waals surface area contributed by atoms with Gasteiger partial charge in [0, 0.05) is 19.3 Å². The first-order chi connectivity index (χ1) is 6.13. The molecule has 0 amide bonds. The average molecular weight is 207 g/mol. The molecule has 0 aromatic rings. The highest BCUT2D eigenvalue weighted by Gasteiger charge is 2.13. The Labute approximate surface area is 86.3 Å². The first kappa shape index (κ1) is 15.6. The molecule has 0 aromatic carbocycles. The van der Waals surface area contributed by atoms with Gasteiger partial charge >= 0.3 is 0 Å². The summed E-state index contributed by atoms with van der Waals surface area (Å²) in [4.78, 5) is 0. The van der Waals surface area contributed by atoms with Gasteiger partial charge in [-0.05, 0) is 12.8 Å². The second kappa shape index (κ2) is 10.2. The second-order valence-electron chi connectivity index (χ2n) is 2.82. The summed E-state index contributed by atoms with van der Waals surface area (Å²) < 4.78 is 13.0. The van der Waals surface area contributed by atoms with Crippen molar-refractivity contribution in [3.63, 3.8) is 0 Å². The normalized spacial score (nSPS) is 14.7. The van der Waals surface area contributed by atoms with Crippen LogP contribution in [0.4, 0.5) is 0 Å². The maximum atomic E-state index is 11.1. The van der Waals surface area contributed by atoms with Gasteiger partial charge in [-0.3, -0.25) is 0 Å². The molecule has 82 valence electrons. The lowest BCUT2D eigenvalue weighted by Crippen LogP contribution is -2.32. The third-order valence-corrected chi connectivity index (χ3v) is 3.12. The average Bonchev–Trinajstić information content (AvgIpc) is 2.16. The number of hydrogen-bond donors (Lipinski definition) is 0. The van der Waals surface area contributed by atoms with Gasteiger partial charge in [0.05, 0.1) is 11.0 Å². The highest BCUT2D eigenvalue weighted by atomic mass is 32.2. The lowest BCUT2D eigenvalue weighted by atomic mass is 10.1. The van der Waals surface area contributed by atoms with Crippen LogP contribution in [0.25, 0.3) is 0 Å². The summed E-state index contributed by atoms with van der Waals surface area (Å²) in [5.74, 6) is 0. The van der Waals surface area contributed by atoms with Gasteiger partial charge < -0.3 is 0 Å². The zero-order valence-electron chi connectivity index (χ0n) is 9.96. The molecule has 0 aliphatic heterocycles. The van der Waals surface area contributed by atoms with Gasteiger partial charge in [-0.25, -0.2) is 8.51 Å². The largest absolute Gasteiger partial charge is 0.243 e. The molecule has 0 aliphatic carbocycles. The molecule has 2 nitrogen and oxygen atoms in total. The smallest absolute Gasteiger partial charge is 0.0910 e. The predicted octanol–water partition coefficient (Wildman–Crippen LogP) is 2.82. The minimum Gasteiger partial charge on any atom is -0.243 e. The summed E-state index contributed by atoms with van der Waals surface area (Å²) in [5, 5.41) is 0. The van der Waals surface area contributed by atoms with E-state index < -0.39 is 11.0 Å². The highest BCUT2D eigenvalue weighted by molar-refractivity contribution is 7.81. The molecule has 2 unspecified atom stereocenters. The van der Waals surface area contributed by atoms with Crippen molar-refractivity contribution in [3.05, 3.63) is 0 Å². The molecule has 0 N–H and O–H groups in total. The molecule has 2 atom stereocenters. The zero-order chi connectivity index (χ0) is 10.9. The fourth-order valence-electron chi connectivity index (χ4n) is 1.19. The van der Waals surface area contributed by atoms with Gasteiger partial charge in [0.15, 0.2) is 0 Å². The summed E-state index contributed by atoms with van der Waals surface area (Å²) in [6.45, 7) is 8.30. The van der Waals surface area contributed by atoms with Crippen molar-refractivity contribution in [3.8, 4) is 0 Å². The molecule has 0 aliphatic rings. The minimum absolute atomic E-state index is 0.492. The molecule has 0 saturated heterocycles. The molecule has 3 heteroatoms. The Hall–Kier alpha value is 0.110. The third-order valence-electron chi connectivity index (χ3n) is 2.01. The molecule has 0 heterocycles. The summed E-state index contributed by atoms with van der Waals surface area (Å²) >= 11 is 0. The van der Waals surface area contributed by atoms with E-state index in [1.54, 1.807) is 6.26 Å². The third kappa shape index (κ3) is 7.20. The van der Waals surface area contributed by atoms with Crippen LogP contribution < -0.4 is 0 Å². The minimum atomic E-state index is -0.808. The van der Waals surface area contributed by atoms with Gasteiger partial charge in [-0.2, -0.15) is 0 Å². The summed E-state index contributed by atoms with van der Waals surface area (Å²) in [7, 11) is 1.12. The molecule has 13 heavy (non-hydrogen) atoms. The van der Waals surface area contributed by atoms with E-state index in [0.717, 1.165) is 12.8 Å². The van der Waals surface area contributed by atoms with Crippen molar-refractivity contribution in [2.45, 2.75) is 53.0 Å². The number of hydrogen-bond acceptors (Lipinski definition) is 1. The van der Waals surface area contributed by atoms with Crippen LogP contribution in [-0.2, 0) is 11.0 Å². The Kier molecular flexibility index (Phi) is 12.2. The Balaban J connectivity index is 0. The quantitative estimate of drug-likeness (QED) is 0.679. The fraction of sp³-hybridized carbons (Fsp3) is 1.00. The number of nitrogens with zero attached hydrogens (tertiary/aromatic N) is 1. The van der Waals surface area contributed by atoms with Gasteiger partial charge in [0.25, 0.3) is 0 Å². The first-order valence-corrected chi connectivity index (χ1v) is 6.71. The van der Waals surface area contributed by atoms with Crippen LogP contribution in [0.3, 0.4) is 0 Å². The van der Waals surface area contributed by atoms with Crippen LogP contribution in [0.2, 0.25) is 0 Å². The van der Waals surface area contributed by atoms with Crippen LogP contribution >= 0.6 is 0 Å². The van der Waals surface area contributed by atoms with Crippen LogP contribution in [0.15, 0.2) is 0 Å². The van der Waals surface area contributed by atoms with Crippen LogP contribution in [-0.4, -0.2) is 27.9 Å². The Morgan fingerprint density at radius 1 is 1.31 bits per heavy atom. The molecule has 0 spiro atoms. The van der Waals surface area contributed by atoms with Crippen molar-refractivity contribution in [1.29, 1.82) is 0 Å². The van der Waals surface area contributed by atoms with Crippen LogP contribution in [0.1, 0.15) is 47.0 Å². The summed E-state index contributed by atoms with van der Waals surface area (Å²) in [5.41, 5.74) is 0. The SMILES string of the molecule is CC.CCCC(CC)N(C)S(C)=O. The number of rotatable bonds is 5. The summed E-state index contributed by atoms with van der Waals surface area (Å²) in [6.07, 6.45) is 5.13. The lowest BCUT2D eigenvalue weighted by Gasteiger charge is -2.23. The van der Waals surface area contributed by atoms with Crippen molar-refractivity contribution in [2.24, 2.45) is 0 Å². The molecular weight excluding hydrogens is 182 g/mol. The Morgan fingerprint density at radius 3 is 2.00 bits per heavy atom. The molecule has 0 aromatic heterocycles. The van der Waals surface area contributed by atoms with E-state index >= 15 is 0 Å². The second-order valence-corrected chi connectivity index (χ2v) is 4.24.